The zero-order chi connectivity index (χ0) is 106. The van der Waals surface area contributed by atoms with Crippen LogP contribution >= 0.6 is 0 Å². The molecule has 0 saturated carbocycles. The van der Waals surface area contributed by atoms with Crippen LogP contribution in [0.3, 0.4) is 0 Å². The summed E-state index contributed by atoms with van der Waals surface area (Å²) in [5.41, 5.74) is 17.1. The fourth-order valence-electron chi connectivity index (χ4n) is 12.7. The van der Waals surface area contributed by atoms with E-state index in [4.69, 9.17) is 17.2 Å². The van der Waals surface area contributed by atoms with Crippen LogP contribution in [-0.2, 0) is 126 Å². The van der Waals surface area contributed by atoms with Crippen molar-refractivity contribution in [3.8, 4) is 5.75 Å². The van der Waals surface area contributed by atoms with E-state index in [1.54, 1.807) is 12.1 Å². The summed E-state index contributed by atoms with van der Waals surface area (Å²) >= 11 is 0. The predicted octanol–water partition coefficient (Wildman–Crippen LogP) is -11.5. The Hall–Kier alpha value is -14.3. The molecule has 25 amide bonds. The molecule has 0 radical (unpaired) electrons. The van der Waals surface area contributed by atoms with Gasteiger partial charge in [0.15, 0.2) is 0 Å². The molecule has 1 aliphatic heterocycles. The molecule has 2 rings (SSSR count). The molecule has 1 fully saturated rings. The second-order valence-electron chi connectivity index (χ2n) is 34.1. The van der Waals surface area contributed by atoms with Gasteiger partial charge in [0, 0.05) is 19.9 Å². The lowest BCUT2D eigenvalue weighted by molar-refractivity contribution is -0.141. The van der Waals surface area contributed by atoms with Crippen LogP contribution in [0.5, 0.6) is 5.75 Å². The van der Waals surface area contributed by atoms with Gasteiger partial charge in [0.05, 0.1) is 13.1 Å². The quantitative estimate of drug-likeness (QED) is 0.0269. The first-order valence-corrected chi connectivity index (χ1v) is 45.5. The van der Waals surface area contributed by atoms with Crippen LogP contribution in [-0.4, -0.2) is 323 Å². The van der Waals surface area contributed by atoms with Gasteiger partial charge >= 0.3 is 0 Å². The van der Waals surface area contributed by atoms with Gasteiger partial charge in [0.25, 0.3) is 0 Å². The van der Waals surface area contributed by atoms with Crippen LogP contribution in [0.1, 0.15) is 188 Å². The van der Waals surface area contributed by atoms with Gasteiger partial charge in [-0.3, -0.25) is 120 Å². The van der Waals surface area contributed by atoms with E-state index < -0.39 is 294 Å². The minimum atomic E-state index is -1.33. The van der Waals surface area contributed by atoms with E-state index in [0.717, 1.165) is 0 Å². The summed E-state index contributed by atoms with van der Waals surface area (Å²) in [5.74, 6) is -20.4. The van der Waals surface area contributed by atoms with Crippen molar-refractivity contribution < 1.29 is 125 Å². The predicted molar refractivity (Wildman–Crippen MR) is 496 cm³/mol. The van der Waals surface area contributed by atoms with Crippen molar-refractivity contribution in [1.82, 2.24) is 127 Å². The van der Waals surface area contributed by atoms with Gasteiger partial charge in [0.2, 0.25) is 148 Å². The maximum absolute atomic E-state index is 13.7. The van der Waals surface area contributed by atoms with E-state index in [2.05, 4.69) is 122 Å². The summed E-state index contributed by atoms with van der Waals surface area (Å²) in [5, 5.41) is 65.1. The Labute approximate surface area is 804 Å². The smallest absolute Gasteiger partial charge is 0.245 e. The van der Waals surface area contributed by atoms with Gasteiger partial charge in [-0.15, -0.1) is 0 Å². The molecule has 1 aromatic rings. The maximum Gasteiger partial charge on any atom is 0.245 e. The molecule has 1 aromatic carbocycles. The van der Waals surface area contributed by atoms with Gasteiger partial charge in [0.1, 0.15) is 139 Å². The lowest BCUT2D eigenvalue weighted by Gasteiger charge is -2.28. The number of unbranched alkanes of at least 4 members (excludes halogenated alkanes) is 2. The number of amides is 25. The second-order valence-corrected chi connectivity index (χ2v) is 34.1. The number of aromatic hydroxyl groups is 1. The summed E-state index contributed by atoms with van der Waals surface area (Å²) < 4.78 is 0. The van der Waals surface area contributed by atoms with Crippen molar-refractivity contribution in [2.75, 3.05) is 32.7 Å². The highest BCUT2D eigenvalue weighted by Crippen LogP contribution is 2.19. The Kier molecular flexibility index (Phi) is 51.8. The average molecular weight is 1970 g/mol. The van der Waals surface area contributed by atoms with Crippen molar-refractivity contribution in [2.45, 2.75) is 322 Å². The topological polar surface area (TPSA) is 805 Å². The van der Waals surface area contributed by atoms with E-state index in [9.17, 15) is 125 Å². The molecular weight excluding hydrogens is 1830 g/mol. The van der Waals surface area contributed by atoms with E-state index in [1.807, 2.05) is 0 Å². The molecule has 0 aromatic heterocycles. The zero-order valence-electron chi connectivity index (χ0n) is 81.7. The largest absolute Gasteiger partial charge is 0.508 e. The van der Waals surface area contributed by atoms with E-state index in [-0.39, 0.29) is 44.5 Å². The normalized spacial score (nSPS) is 16.6. The lowest BCUT2D eigenvalue weighted by Crippen LogP contribution is -2.59. The minimum absolute atomic E-state index is 0.0128. The second kappa shape index (κ2) is 59.6. The van der Waals surface area contributed by atoms with Crippen LogP contribution in [0.2, 0.25) is 0 Å². The highest BCUT2D eigenvalue weighted by atomic mass is 16.3. The molecular formula is C86H141N27O26. The summed E-state index contributed by atoms with van der Waals surface area (Å²) in [6.45, 7) is 23.7. The Morgan fingerprint density at radius 3 is 0.835 bits per heavy atom. The number of nitrogens with zero attached hydrogens (tertiary/aromatic N) is 1. The highest BCUT2D eigenvalue weighted by Gasteiger charge is 2.40. The number of phenolic OH excluding ortho intramolecular Hbond substituents is 1. The first-order chi connectivity index (χ1) is 64.8. The summed E-state index contributed by atoms with van der Waals surface area (Å²) in [6, 6.07) is -21.8. The molecule has 22 atom stereocenters. The summed E-state index contributed by atoms with van der Waals surface area (Å²) in [4.78, 5) is 327. The highest BCUT2D eigenvalue weighted by molar-refractivity contribution is 6.03. The zero-order valence-corrected chi connectivity index (χ0v) is 81.7. The number of hydrogen-bond donors (Lipinski definition) is 27. The first kappa shape index (κ1) is 121. The number of nitrogens with two attached hydrogens (primary N) is 3. The molecule has 0 aliphatic carbocycles. The van der Waals surface area contributed by atoms with Crippen LogP contribution < -0.4 is 139 Å². The van der Waals surface area contributed by atoms with Crippen molar-refractivity contribution >= 4 is 148 Å². The van der Waals surface area contributed by atoms with E-state index >= 15 is 0 Å². The standard InChI is InChI=1S/C86H141N27O26/c1-38(66(119)93-39(2)67(120)94-40(3)68(121)95-41(4)69(122)96-42(5)70(123)98-45(8)73(126)101-48(11)76(129)104-51(14)79(132)107-54(17)82(135)112-59(65(89)118)25-20-22-32-87)92-63(116)36-91-85(138)62-27-24-34-113(62)86(139)55(18)109-81(134)52(15)106-78(131)49(12)103-75(128)46(9)100-72(125)43(6)97-71(124)44(7)99-74(127)47(10)102-77(130)50(13)105-80(133)53(16)108-84(137)60(26-21-23-33-88)111-64(117)37-90-83(136)61(110-56(19)114)35-57-28-30-58(115)31-29-57/h28-31,38-55,59-62,115H,20-27,32-37,87-88H2,1-19H3,(H2,89,118)(H,90,136)(H,91,138)(H,92,116)(H,93,119)(H,94,120)(H,95,121)(H,96,122)(H,97,124)(H,98,123)(H,99,127)(H,100,125)(H,101,126)(H,102,130)(H,103,128)(H,104,129)(H,105,133)(H,106,131)(H,107,132)(H,108,137)(H,109,134)(H,110,114)(H,111,117)(H,112,135)/t38-,39-,40-,41-,42-,43-,44-,45-,46-,47-,48-,49-,50-,51-,52-,53-,54-,55-,59-,60-,61-,62+/m0/s1. The number of phenols is 1. The summed E-state index contributed by atoms with van der Waals surface area (Å²) in [6.07, 6.45) is 2.76. The fourth-order valence-corrected chi connectivity index (χ4v) is 12.7. The third-order valence-electron chi connectivity index (χ3n) is 21.5. The number of hydrogen-bond acceptors (Lipinski definition) is 28. The molecule has 1 heterocycles. The van der Waals surface area contributed by atoms with Gasteiger partial charge in [-0.05, 0) is 207 Å². The van der Waals surface area contributed by atoms with Gasteiger partial charge in [-0.25, -0.2) is 0 Å². The Balaban J connectivity index is 1.80. The van der Waals surface area contributed by atoms with Crippen LogP contribution in [0.25, 0.3) is 0 Å². The molecule has 139 heavy (non-hydrogen) atoms. The molecule has 1 aliphatic rings. The maximum atomic E-state index is 13.7. The molecule has 0 spiro atoms. The van der Waals surface area contributed by atoms with Gasteiger partial charge < -0.3 is 149 Å². The summed E-state index contributed by atoms with van der Waals surface area (Å²) in [7, 11) is 0. The third-order valence-corrected chi connectivity index (χ3v) is 21.5. The number of nitrogens with one attached hydrogen (secondary N) is 23. The number of benzene rings is 1. The number of carbonyl (C=O) groups is 25. The average Bonchev–Trinajstić information content (AvgIpc) is 1.70. The van der Waals surface area contributed by atoms with Crippen molar-refractivity contribution in [2.24, 2.45) is 17.2 Å². The molecule has 0 unspecified atom stereocenters. The third kappa shape index (κ3) is 43.3. The molecule has 53 heteroatoms. The number of carbonyl (C=O) groups excluding carboxylic acids is 25. The van der Waals surface area contributed by atoms with E-state index in [0.29, 0.717) is 44.2 Å². The van der Waals surface area contributed by atoms with Crippen molar-refractivity contribution in [3.63, 3.8) is 0 Å². The van der Waals surface area contributed by atoms with Gasteiger partial charge in [-0.1, -0.05) is 12.1 Å². The van der Waals surface area contributed by atoms with Gasteiger partial charge in [-0.2, -0.15) is 0 Å². The fraction of sp³-hybridized carbons (Fsp3) is 0.640. The molecule has 0 bridgehead atoms. The lowest BCUT2D eigenvalue weighted by atomic mass is 10.0. The van der Waals surface area contributed by atoms with E-state index in [1.165, 1.54) is 149 Å². The van der Waals surface area contributed by atoms with Crippen molar-refractivity contribution in [1.29, 1.82) is 0 Å². The Morgan fingerprint density at radius 1 is 0.302 bits per heavy atom. The number of primary amides is 1. The molecule has 1 saturated heterocycles. The van der Waals surface area contributed by atoms with Crippen molar-refractivity contribution in [3.05, 3.63) is 29.8 Å². The molecule has 30 N–H and O–H groups in total. The molecule has 53 nitrogen and oxygen atoms in total. The monoisotopic (exact) mass is 1970 g/mol. The van der Waals surface area contributed by atoms with Crippen LogP contribution in [0.4, 0.5) is 0 Å². The van der Waals surface area contributed by atoms with Crippen LogP contribution in [0.15, 0.2) is 24.3 Å². The minimum Gasteiger partial charge on any atom is -0.508 e. The Morgan fingerprint density at radius 2 is 0.554 bits per heavy atom. The molecule has 776 valence electrons. The Bertz CT molecular complexity index is 4560. The first-order valence-electron chi connectivity index (χ1n) is 45.5. The SMILES string of the molecule is CC(=O)N[C@@H](Cc1ccc(O)cc1)C(=O)NCC(=O)N[C@@H](CCCCN)C(=O)N[C@@H](C)C(=O)N[C@@H](C)C(=O)N[C@@H](C)C(=O)N[C@@H](C)C(=O)N[C@@H](C)C(=O)N[C@@H](C)C(=O)N[C@@H](C)C(=O)N[C@@H](C)C(=O)N[C@@H](C)C(=O)N1CCC[C@@H]1C(=O)NCC(=O)N[C@@H](C)C(=O)N[C@@H](C)C(=O)N[C@@H](C)C(=O)N[C@@H](C)C(=O)N[C@@H](C)C(=O)N[C@@H](C)C(=O)N[C@@H](C)C(=O)N[C@@H](C)C(=O)N[C@@H](C)C(=O)N[C@@H](CCCCN)C(N)=O. The van der Waals surface area contributed by atoms with Crippen LogP contribution in [0, 0.1) is 0 Å². The number of likely N-dealkylation sites (tertiary alicyclic amines) is 1. The number of rotatable bonds is 57.